The molecule has 0 aliphatic heterocycles. The van der Waals surface area contributed by atoms with Crippen LogP contribution in [0.15, 0.2) is 24.4 Å². The topological polar surface area (TPSA) is 68.2 Å². The first-order valence-electron chi connectivity index (χ1n) is 5.33. The van der Waals surface area contributed by atoms with Gasteiger partial charge in [-0.1, -0.05) is 0 Å². The summed E-state index contributed by atoms with van der Waals surface area (Å²) in [5.41, 5.74) is 6.64. The summed E-state index contributed by atoms with van der Waals surface area (Å²) >= 11 is 0. The van der Waals surface area contributed by atoms with E-state index in [0.717, 1.165) is 5.56 Å². The van der Waals surface area contributed by atoms with Gasteiger partial charge in [0.1, 0.15) is 5.82 Å². The molecule has 1 heterocycles. The molecule has 17 heavy (non-hydrogen) atoms. The Balaban J connectivity index is 2.58. The van der Waals surface area contributed by atoms with Crippen molar-refractivity contribution in [1.82, 2.24) is 4.57 Å². The zero-order valence-corrected chi connectivity index (χ0v) is 9.19. The maximum atomic E-state index is 13.2. The lowest BCUT2D eigenvalue weighted by molar-refractivity contribution is 0.251. The molecule has 0 radical (unpaired) electrons. The maximum absolute atomic E-state index is 13.2. The molecular weight excluding hydrogens is 223 g/mol. The molecule has 4 nitrogen and oxygen atoms in total. The Morgan fingerprint density at radius 3 is 2.88 bits per heavy atom. The van der Waals surface area contributed by atoms with Crippen molar-refractivity contribution in [3.05, 3.63) is 35.8 Å². The zero-order chi connectivity index (χ0) is 12.4. The van der Waals surface area contributed by atoms with E-state index < -0.39 is 6.03 Å². The van der Waals surface area contributed by atoms with Crippen molar-refractivity contribution in [2.24, 2.45) is 5.73 Å². The van der Waals surface area contributed by atoms with E-state index >= 15 is 0 Å². The fourth-order valence-corrected chi connectivity index (χ4v) is 1.92. The number of aryl methyl sites for hydroxylation is 1. The largest absolute Gasteiger partial charge is 0.396 e. The Morgan fingerprint density at radius 1 is 1.47 bits per heavy atom. The molecule has 1 aromatic carbocycles. The van der Waals surface area contributed by atoms with Crippen molar-refractivity contribution >= 4 is 16.9 Å². The number of halogens is 1. The van der Waals surface area contributed by atoms with Crippen molar-refractivity contribution in [3.8, 4) is 0 Å². The lowest BCUT2D eigenvalue weighted by Crippen LogP contribution is -2.18. The Morgan fingerprint density at radius 2 is 2.24 bits per heavy atom. The molecule has 0 aliphatic carbocycles. The predicted octanol–water partition coefficient (Wildman–Crippen LogP) is 1.63. The highest BCUT2D eigenvalue weighted by Gasteiger charge is 2.11. The van der Waals surface area contributed by atoms with Gasteiger partial charge in [0.05, 0.1) is 5.52 Å². The molecule has 2 rings (SSSR count). The SMILES string of the molecule is NC(=O)n1cc(CCCO)c2cc(F)ccc21. The molecule has 0 bridgehead atoms. The molecule has 90 valence electrons. The fraction of sp³-hybridized carbons (Fsp3) is 0.250. The first-order chi connectivity index (χ1) is 8.13. The van der Waals surface area contributed by atoms with Crippen LogP contribution in [-0.4, -0.2) is 22.3 Å². The Bertz CT molecular complexity index is 563. The molecule has 0 saturated carbocycles. The van der Waals surface area contributed by atoms with E-state index in [1.54, 1.807) is 6.20 Å². The van der Waals surface area contributed by atoms with E-state index in [1.165, 1.54) is 22.8 Å². The molecule has 0 aliphatic rings. The molecule has 0 fully saturated rings. The number of nitrogens with two attached hydrogens (primary N) is 1. The summed E-state index contributed by atoms with van der Waals surface area (Å²) in [6, 6.07) is 3.59. The van der Waals surface area contributed by atoms with Crippen LogP contribution >= 0.6 is 0 Å². The van der Waals surface area contributed by atoms with E-state index in [-0.39, 0.29) is 12.4 Å². The highest BCUT2D eigenvalue weighted by Crippen LogP contribution is 2.23. The van der Waals surface area contributed by atoms with Crippen LogP contribution in [0.2, 0.25) is 0 Å². The smallest absolute Gasteiger partial charge is 0.323 e. The number of hydrogen-bond acceptors (Lipinski definition) is 2. The van der Waals surface area contributed by atoms with Crippen LogP contribution in [0.5, 0.6) is 0 Å². The third-order valence-corrected chi connectivity index (χ3v) is 2.69. The van der Waals surface area contributed by atoms with Gasteiger partial charge >= 0.3 is 6.03 Å². The number of fused-ring (bicyclic) bond motifs is 1. The summed E-state index contributed by atoms with van der Waals surface area (Å²) < 4.78 is 14.5. The number of nitrogens with zero attached hydrogens (tertiary/aromatic N) is 1. The number of primary amides is 1. The summed E-state index contributed by atoms with van der Waals surface area (Å²) in [7, 11) is 0. The second-order valence-electron chi connectivity index (χ2n) is 3.85. The van der Waals surface area contributed by atoms with Gasteiger partial charge in [-0.2, -0.15) is 0 Å². The molecule has 0 unspecified atom stereocenters. The molecule has 1 aromatic heterocycles. The third-order valence-electron chi connectivity index (χ3n) is 2.69. The van der Waals surface area contributed by atoms with Crippen molar-refractivity contribution in [2.45, 2.75) is 12.8 Å². The highest BCUT2D eigenvalue weighted by atomic mass is 19.1. The van der Waals surface area contributed by atoms with Crippen LogP contribution in [-0.2, 0) is 6.42 Å². The zero-order valence-electron chi connectivity index (χ0n) is 9.19. The van der Waals surface area contributed by atoms with Gasteiger partial charge in [0.2, 0.25) is 0 Å². The van der Waals surface area contributed by atoms with Crippen LogP contribution in [0, 0.1) is 5.82 Å². The van der Waals surface area contributed by atoms with Gasteiger partial charge in [-0.3, -0.25) is 4.57 Å². The first-order valence-corrected chi connectivity index (χ1v) is 5.33. The summed E-state index contributed by atoms with van der Waals surface area (Å²) in [5, 5.41) is 9.46. The lowest BCUT2D eigenvalue weighted by Gasteiger charge is -1.98. The number of carbonyl (C=O) groups excluding carboxylic acids is 1. The predicted molar refractivity (Wildman–Crippen MR) is 62.3 cm³/mol. The molecular formula is C12H13FN2O2. The van der Waals surface area contributed by atoms with Gasteiger partial charge < -0.3 is 10.8 Å². The van der Waals surface area contributed by atoms with E-state index in [4.69, 9.17) is 10.8 Å². The van der Waals surface area contributed by atoms with E-state index in [9.17, 15) is 9.18 Å². The minimum absolute atomic E-state index is 0.0541. The van der Waals surface area contributed by atoms with Gasteiger partial charge in [0.15, 0.2) is 0 Å². The molecule has 0 atom stereocenters. The minimum Gasteiger partial charge on any atom is -0.396 e. The van der Waals surface area contributed by atoms with Crippen molar-refractivity contribution < 1.29 is 14.3 Å². The van der Waals surface area contributed by atoms with Gasteiger partial charge in [-0.05, 0) is 36.6 Å². The number of amides is 1. The number of aliphatic hydroxyl groups is 1. The summed E-state index contributed by atoms with van der Waals surface area (Å²) in [6.45, 7) is 0.0541. The van der Waals surface area contributed by atoms with Gasteiger partial charge in [-0.15, -0.1) is 0 Å². The van der Waals surface area contributed by atoms with E-state index in [1.807, 2.05) is 0 Å². The number of hydrogen-bond donors (Lipinski definition) is 2. The van der Waals surface area contributed by atoms with Gasteiger partial charge in [0.25, 0.3) is 0 Å². The number of carbonyl (C=O) groups is 1. The van der Waals surface area contributed by atoms with Gasteiger partial charge in [-0.25, -0.2) is 9.18 Å². The Hall–Kier alpha value is -1.88. The second kappa shape index (κ2) is 4.55. The van der Waals surface area contributed by atoms with Crippen molar-refractivity contribution in [3.63, 3.8) is 0 Å². The highest BCUT2D eigenvalue weighted by molar-refractivity contribution is 5.93. The Kier molecular flexibility index (Phi) is 3.10. The number of benzene rings is 1. The second-order valence-corrected chi connectivity index (χ2v) is 3.85. The number of rotatable bonds is 3. The van der Waals surface area contributed by atoms with Crippen molar-refractivity contribution in [1.29, 1.82) is 0 Å². The van der Waals surface area contributed by atoms with Crippen LogP contribution in [0.4, 0.5) is 9.18 Å². The lowest BCUT2D eigenvalue weighted by atomic mass is 10.1. The third kappa shape index (κ3) is 2.14. The molecule has 1 amide bonds. The number of aromatic nitrogens is 1. The van der Waals surface area contributed by atoms with Crippen LogP contribution in [0.1, 0.15) is 12.0 Å². The van der Waals surface area contributed by atoms with Crippen LogP contribution in [0.3, 0.4) is 0 Å². The summed E-state index contributed by atoms with van der Waals surface area (Å²) in [5.74, 6) is -0.357. The standard InChI is InChI=1S/C12H13FN2O2/c13-9-3-4-11-10(6-9)8(2-1-5-16)7-15(11)12(14)17/h3-4,6-7,16H,1-2,5H2,(H2,14,17). The van der Waals surface area contributed by atoms with Crippen LogP contribution < -0.4 is 5.73 Å². The number of aliphatic hydroxyl groups excluding tert-OH is 1. The molecule has 2 aromatic rings. The van der Waals surface area contributed by atoms with Gasteiger partial charge in [0, 0.05) is 18.2 Å². The molecule has 0 saturated heterocycles. The maximum Gasteiger partial charge on any atom is 0.323 e. The van der Waals surface area contributed by atoms with Crippen molar-refractivity contribution in [2.75, 3.05) is 6.61 Å². The summed E-state index contributed by atoms with van der Waals surface area (Å²) in [6.07, 6.45) is 2.74. The molecule has 3 N–H and O–H groups in total. The summed E-state index contributed by atoms with van der Waals surface area (Å²) in [4.78, 5) is 11.2. The van der Waals surface area contributed by atoms with E-state index in [0.29, 0.717) is 23.7 Å². The average molecular weight is 236 g/mol. The quantitative estimate of drug-likeness (QED) is 0.850. The molecule has 0 spiro atoms. The van der Waals surface area contributed by atoms with E-state index in [2.05, 4.69) is 0 Å². The molecule has 5 heteroatoms. The normalized spacial score (nSPS) is 10.9. The monoisotopic (exact) mass is 236 g/mol. The average Bonchev–Trinajstić information content (AvgIpc) is 2.64. The fourth-order valence-electron chi connectivity index (χ4n) is 1.92. The minimum atomic E-state index is -0.600. The Labute approximate surface area is 97.5 Å². The first kappa shape index (κ1) is 11.6. The van der Waals surface area contributed by atoms with Crippen LogP contribution in [0.25, 0.3) is 10.9 Å².